The van der Waals surface area contributed by atoms with Gasteiger partial charge in [-0.1, -0.05) is 40.2 Å². The molecule has 1 N–H and O–H groups in total. The summed E-state index contributed by atoms with van der Waals surface area (Å²) in [6.45, 7) is 0.183. The van der Waals surface area contributed by atoms with E-state index < -0.39 is 0 Å². The minimum atomic E-state index is -0.287. The summed E-state index contributed by atoms with van der Waals surface area (Å²) in [5.41, 5.74) is 5.33. The first kappa shape index (κ1) is 17.2. The zero-order chi connectivity index (χ0) is 17.5. The van der Waals surface area contributed by atoms with Crippen LogP contribution in [0.1, 0.15) is 11.1 Å². The van der Waals surface area contributed by atoms with Gasteiger partial charge < -0.3 is 4.74 Å². The molecule has 0 radical (unpaired) electrons. The maximum Gasteiger partial charge on any atom is 0.130 e. The van der Waals surface area contributed by atoms with E-state index in [1.807, 2.05) is 54.6 Å². The third-order valence-corrected chi connectivity index (χ3v) is 3.96. The fraction of sp³-hybridized carbons (Fsp3) is 0.0500. The van der Waals surface area contributed by atoms with E-state index in [4.69, 9.17) is 4.74 Å². The zero-order valence-electron chi connectivity index (χ0n) is 13.3. The Kier molecular flexibility index (Phi) is 5.80. The van der Waals surface area contributed by atoms with Gasteiger partial charge in [0.2, 0.25) is 0 Å². The van der Waals surface area contributed by atoms with Crippen LogP contribution in [0.25, 0.3) is 0 Å². The summed E-state index contributed by atoms with van der Waals surface area (Å²) in [4.78, 5) is 0. The van der Waals surface area contributed by atoms with Crippen LogP contribution >= 0.6 is 15.9 Å². The monoisotopic (exact) mass is 398 g/mol. The number of benzene rings is 3. The Bertz CT molecular complexity index is 851. The number of para-hydroxylation sites is 1. The molecule has 126 valence electrons. The summed E-state index contributed by atoms with van der Waals surface area (Å²) in [5.74, 6) is 0.389. The number of ether oxygens (including phenoxy) is 1. The standard InChI is InChI=1S/C20H16BrFN2O/c21-17-9-8-16(20(22)12-17)14-25-19-10-6-15(7-11-19)13-23-24-18-4-2-1-3-5-18/h1-13,24H,14H2. The molecule has 5 heteroatoms. The van der Waals surface area contributed by atoms with Gasteiger partial charge >= 0.3 is 0 Å². The van der Waals surface area contributed by atoms with Crippen LogP contribution in [0.2, 0.25) is 0 Å². The van der Waals surface area contributed by atoms with E-state index in [-0.39, 0.29) is 12.4 Å². The highest BCUT2D eigenvalue weighted by atomic mass is 79.9. The van der Waals surface area contributed by atoms with Crippen molar-refractivity contribution in [3.05, 3.63) is 94.2 Å². The molecule has 0 unspecified atom stereocenters. The van der Waals surface area contributed by atoms with Gasteiger partial charge in [-0.3, -0.25) is 5.43 Å². The SMILES string of the molecule is Fc1cc(Br)ccc1COc1ccc(C=NNc2ccccc2)cc1. The molecular formula is C20H16BrFN2O. The van der Waals surface area contributed by atoms with Crippen LogP contribution in [-0.2, 0) is 6.61 Å². The Hall–Kier alpha value is -2.66. The second kappa shape index (κ2) is 8.44. The van der Waals surface area contributed by atoms with Crippen molar-refractivity contribution in [1.82, 2.24) is 0 Å². The van der Waals surface area contributed by atoms with E-state index >= 15 is 0 Å². The molecule has 0 spiro atoms. The van der Waals surface area contributed by atoms with E-state index in [1.165, 1.54) is 6.07 Å². The second-order valence-corrected chi connectivity index (χ2v) is 6.25. The minimum Gasteiger partial charge on any atom is -0.489 e. The largest absolute Gasteiger partial charge is 0.489 e. The molecule has 0 aromatic heterocycles. The molecule has 0 bridgehead atoms. The highest BCUT2D eigenvalue weighted by Crippen LogP contribution is 2.18. The van der Waals surface area contributed by atoms with Gasteiger partial charge in [0.15, 0.2) is 0 Å². The molecule has 3 aromatic rings. The highest BCUT2D eigenvalue weighted by molar-refractivity contribution is 9.10. The summed E-state index contributed by atoms with van der Waals surface area (Å²) in [6.07, 6.45) is 1.73. The fourth-order valence-corrected chi connectivity index (χ4v) is 2.48. The molecule has 3 aromatic carbocycles. The van der Waals surface area contributed by atoms with E-state index in [0.29, 0.717) is 15.8 Å². The number of nitrogens with one attached hydrogen (secondary N) is 1. The summed E-state index contributed by atoms with van der Waals surface area (Å²) in [7, 11) is 0. The average molecular weight is 399 g/mol. The Balaban J connectivity index is 1.55. The van der Waals surface area contributed by atoms with Crippen LogP contribution < -0.4 is 10.2 Å². The van der Waals surface area contributed by atoms with Crippen LogP contribution in [0.5, 0.6) is 5.75 Å². The van der Waals surface area contributed by atoms with E-state index in [1.54, 1.807) is 18.3 Å². The Morgan fingerprint density at radius 1 is 1.00 bits per heavy atom. The number of rotatable bonds is 6. The lowest BCUT2D eigenvalue weighted by molar-refractivity contribution is 0.300. The molecule has 3 rings (SSSR count). The van der Waals surface area contributed by atoms with Crippen molar-refractivity contribution in [1.29, 1.82) is 0 Å². The van der Waals surface area contributed by atoms with Gasteiger partial charge in [-0.2, -0.15) is 5.10 Å². The first-order valence-electron chi connectivity index (χ1n) is 7.71. The van der Waals surface area contributed by atoms with Crippen molar-refractivity contribution in [3.8, 4) is 5.75 Å². The maximum atomic E-state index is 13.8. The Morgan fingerprint density at radius 3 is 2.48 bits per heavy atom. The highest BCUT2D eigenvalue weighted by Gasteiger charge is 2.03. The summed E-state index contributed by atoms with van der Waals surface area (Å²) in [6, 6.07) is 22.1. The van der Waals surface area contributed by atoms with Crippen LogP contribution in [0, 0.1) is 5.82 Å². The predicted octanol–water partition coefficient (Wildman–Crippen LogP) is 5.61. The van der Waals surface area contributed by atoms with Gasteiger partial charge in [-0.25, -0.2) is 4.39 Å². The van der Waals surface area contributed by atoms with Crippen LogP contribution in [0.15, 0.2) is 82.4 Å². The lowest BCUT2D eigenvalue weighted by Crippen LogP contribution is -1.98. The molecule has 0 fully saturated rings. The summed E-state index contributed by atoms with van der Waals surface area (Å²) >= 11 is 3.24. The van der Waals surface area contributed by atoms with Gasteiger partial charge in [-0.05, 0) is 54.1 Å². The minimum absolute atomic E-state index is 0.183. The molecule has 0 saturated carbocycles. The number of anilines is 1. The molecule has 0 saturated heterocycles. The first-order valence-corrected chi connectivity index (χ1v) is 8.51. The third kappa shape index (κ3) is 5.16. The van der Waals surface area contributed by atoms with Crippen molar-refractivity contribution in [2.45, 2.75) is 6.61 Å². The van der Waals surface area contributed by atoms with Crippen molar-refractivity contribution in [2.24, 2.45) is 5.10 Å². The van der Waals surface area contributed by atoms with Crippen molar-refractivity contribution in [3.63, 3.8) is 0 Å². The van der Waals surface area contributed by atoms with Gasteiger partial charge in [0, 0.05) is 10.0 Å². The zero-order valence-corrected chi connectivity index (χ0v) is 14.9. The van der Waals surface area contributed by atoms with E-state index in [0.717, 1.165) is 11.3 Å². The molecule has 0 heterocycles. The van der Waals surface area contributed by atoms with Gasteiger partial charge in [-0.15, -0.1) is 0 Å². The van der Waals surface area contributed by atoms with E-state index in [9.17, 15) is 4.39 Å². The van der Waals surface area contributed by atoms with Crippen molar-refractivity contribution >= 4 is 27.8 Å². The molecule has 0 aliphatic heterocycles. The molecular weight excluding hydrogens is 383 g/mol. The lowest BCUT2D eigenvalue weighted by atomic mass is 10.2. The smallest absolute Gasteiger partial charge is 0.130 e. The van der Waals surface area contributed by atoms with Gasteiger partial charge in [0.05, 0.1) is 11.9 Å². The topological polar surface area (TPSA) is 33.6 Å². The number of hydrogen-bond acceptors (Lipinski definition) is 3. The molecule has 0 atom stereocenters. The maximum absolute atomic E-state index is 13.8. The van der Waals surface area contributed by atoms with Crippen LogP contribution in [-0.4, -0.2) is 6.21 Å². The molecule has 0 aliphatic rings. The third-order valence-electron chi connectivity index (χ3n) is 3.47. The van der Waals surface area contributed by atoms with E-state index in [2.05, 4.69) is 26.5 Å². The Morgan fingerprint density at radius 2 is 1.76 bits per heavy atom. The normalized spacial score (nSPS) is 10.8. The van der Waals surface area contributed by atoms with Gasteiger partial charge in [0.25, 0.3) is 0 Å². The number of nitrogens with zero attached hydrogens (tertiary/aromatic N) is 1. The fourth-order valence-electron chi connectivity index (χ4n) is 2.14. The number of halogens is 2. The molecule has 0 amide bonds. The van der Waals surface area contributed by atoms with Crippen LogP contribution in [0.4, 0.5) is 10.1 Å². The van der Waals surface area contributed by atoms with Crippen LogP contribution in [0.3, 0.4) is 0 Å². The number of hydrogen-bond donors (Lipinski definition) is 1. The Labute approximate surface area is 154 Å². The average Bonchev–Trinajstić information content (AvgIpc) is 2.63. The molecule has 0 aliphatic carbocycles. The lowest BCUT2D eigenvalue weighted by Gasteiger charge is -2.07. The van der Waals surface area contributed by atoms with Crippen molar-refractivity contribution in [2.75, 3.05) is 5.43 Å². The van der Waals surface area contributed by atoms with Gasteiger partial charge in [0.1, 0.15) is 18.2 Å². The van der Waals surface area contributed by atoms with Crippen molar-refractivity contribution < 1.29 is 9.13 Å². The molecule has 25 heavy (non-hydrogen) atoms. The second-order valence-electron chi connectivity index (χ2n) is 5.33. The first-order chi connectivity index (χ1) is 12.2. The number of hydrazone groups is 1. The predicted molar refractivity (Wildman–Crippen MR) is 103 cm³/mol. The summed E-state index contributed by atoms with van der Waals surface area (Å²) in [5, 5.41) is 4.19. The molecule has 3 nitrogen and oxygen atoms in total. The quantitative estimate of drug-likeness (QED) is 0.432. The summed E-state index contributed by atoms with van der Waals surface area (Å²) < 4.78 is 20.1.